The molecule has 0 amide bonds. The molecule has 0 spiro atoms. The molecule has 0 bridgehead atoms. The van der Waals surface area contributed by atoms with Crippen LogP contribution in [-0.4, -0.2) is 29.3 Å². The minimum atomic E-state index is -3.66. The highest BCUT2D eigenvalue weighted by Gasteiger charge is 2.32. The summed E-state index contributed by atoms with van der Waals surface area (Å²) in [5.41, 5.74) is 0.280. The zero-order valence-electron chi connectivity index (χ0n) is 8.41. The molecule has 0 aromatic heterocycles. The molecule has 6 heteroatoms. The molecule has 1 aromatic carbocycles. The van der Waals surface area contributed by atoms with Crippen LogP contribution in [-0.2, 0) is 19.7 Å². The predicted molar refractivity (Wildman–Crippen MR) is 58.9 cm³/mol. The lowest BCUT2D eigenvalue weighted by molar-refractivity contribution is 0.583. The third kappa shape index (κ3) is 3.04. The summed E-state index contributed by atoms with van der Waals surface area (Å²) in [6, 6.07) is 7.90. The molecule has 0 saturated carbocycles. The van der Waals surface area contributed by atoms with Crippen LogP contribution < -0.4 is 0 Å². The Bertz CT molecular complexity index is 497. The highest BCUT2D eigenvalue weighted by atomic mass is 32.3. The second-order valence-corrected chi connectivity index (χ2v) is 7.96. The lowest BCUT2D eigenvalue weighted by Crippen LogP contribution is -2.20. The Morgan fingerprint density at radius 2 is 1.27 bits per heavy atom. The Morgan fingerprint density at radius 3 is 1.60 bits per heavy atom. The van der Waals surface area contributed by atoms with E-state index in [4.69, 9.17) is 0 Å². The van der Waals surface area contributed by atoms with E-state index in [0.717, 1.165) is 12.5 Å². The van der Waals surface area contributed by atoms with E-state index in [9.17, 15) is 16.8 Å². The summed E-state index contributed by atoms with van der Waals surface area (Å²) >= 11 is 0. The molecule has 0 aliphatic rings. The van der Waals surface area contributed by atoms with Gasteiger partial charge < -0.3 is 0 Å². The summed E-state index contributed by atoms with van der Waals surface area (Å²) in [6.07, 6.45) is 1.84. The molecule has 0 aliphatic carbocycles. The summed E-state index contributed by atoms with van der Waals surface area (Å²) in [5.74, 6) is 0. The molecule has 15 heavy (non-hydrogen) atoms. The van der Waals surface area contributed by atoms with Crippen LogP contribution in [0.25, 0.3) is 0 Å². The zero-order valence-corrected chi connectivity index (χ0v) is 10.0. The van der Waals surface area contributed by atoms with E-state index in [0.29, 0.717) is 0 Å². The number of benzene rings is 1. The standard InChI is InChI=1S/C9H12O4S2/c1-14(10,11)9(15(2,12)13)8-6-4-3-5-7-8/h3-7,9H,1-2H3. The molecule has 0 N–H and O–H groups in total. The maximum Gasteiger partial charge on any atom is 0.187 e. The van der Waals surface area contributed by atoms with Crippen LogP contribution in [0.15, 0.2) is 30.3 Å². The van der Waals surface area contributed by atoms with Gasteiger partial charge in [0, 0.05) is 12.5 Å². The van der Waals surface area contributed by atoms with Gasteiger partial charge >= 0.3 is 0 Å². The van der Waals surface area contributed by atoms with Gasteiger partial charge in [0.1, 0.15) is 0 Å². The molecule has 1 rings (SSSR count). The fourth-order valence-corrected chi connectivity index (χ4v) is 5.27. The summed E-state index contributed by atoms with van der Waals surface area (Å²) in [7, 11) is -7.33. The first-order valence-electron chi connectivity index (χ1n) is 4.15. The molecule has 0 saturated heterocycles. The van der Waals surface area contributed by atoms with Gasteiger partial charge in [0.15, 0.2) is 24.3 Å². The quantitative estimate of drug-likeness (QED) is 0.792. The first-order chi connectivity index (χ1) is 6.73. The largest absolute Gasteiger partial charge is 0.227 e. The Kier molecular flexibility index (Phi) is 3.20. The summed E-state index contributed by atoms with van der Waals surface area (Å²) in [4.78, 5) is 0. The van der Waals surface area contributed by atoms with E-state index in [2.05, 4.69) is 0 Å². The van der Waals surface area contributed by atoms with Gasteiger partial charge in [-0.15, -0.1) is 0 Å². The van der Waals surface area contributed by atoms with Crippen LogP contribution in [0.1, 0.15) is 10.1 Å². The van der Waals surface area contributed by atoms with Gasteiger partial charge in [-0.2, -0.15) is 0 Å². The van der Waals surface area contributed by atoms with Crippen molar-refractivity contribution in [1.82, 2.24) is 0 Å². The zero-order chi connectivity index (χ0) is 11.7. The smallest absolute Gasteiger partial charge is 0.187 e. The highest BCUT2D eigenvalue weighted by Crippen LogP contribution is 2.26. The summed E-state index contributed by atoms with van der Waals surface area (Å²) in [5, 5.41) is 0. The van der Waals surface area contributed by atoms with E-state index >= 15 is 0 Å². The van der Waals surface area contributed by atoms with Gasteiger partial charge in [0.25, 0.3) is 0 Å². The van der Waals surface area contributed by atoms with Crippen molar-refractivity contribution < 1.29 is 16.8 Å². The predicted octanol–water partition coefficient (Wildman–Crippen LogP) is 0.774. The minimum Gasteiger partial charge on any atom is -0.227 e. The van der Waals surface area contributed by atoms with Crippen LogP contribution >= 0.6 is 0 Å². The second-order valence-electron chi connectivity index (χ2n) is 3.40. The molecule has 4 nitrogen and oxygen atoms in total. The molecular formula is C9H12O4S2. The van der Waals surface area contributed by atoms with Crippen molar-refractivity contribution in [2.24, 2.45) is 0 Å². The van der Waals surface area contributed by atoms with E-state index in [1.165, 1.54) is 12.1 Å². The monoisotopic (exact) mass is 248 g/mol. The Balaban J connectivity index is 3.41. The Hall–Kier alpha value is -0.880. The van der Waals surface area contributed by atoms with Crippen molar-refractivity contribution in [2.75, 3.05) is 12.5 Å². The van der Waals surface area contributed by atoms with Gasteiger partial charge in [-0.05, 0) is 5.56 Å². The van der Waals surface area contributed by atoms with E-state index in [1.54, 1.807) is 18.2 Å². The van der Waals surface area contributed by atoms with Crippen molar-refractivity contribution in [3.8, 4) is 0 Å². The van der Waals surface area contributed by atoms with Gasteiger partial charge in [-0.3, -0.25) is 0 Å². The van der Waals surface area contributed by atoms with Crippen molar-refractivity contribution in [2.45, 2.75) is 4.58 Å². The third-order valence-electron chi connectivity index (χ3n) is 1.85. The molecule has 0 atom stereocenters. The molecule has 0 aliphatic heterocycles. The van der Waals surface area contributed by atoms with Gasteiger partial charge in [-0.1, -0.05) is 30.3 Å². The SMILES string of the molecule is CS(=O)(=O)C(c1ccccc1)S(C)(=O)=O. The van der Waals surface area contributed by atoms with E-state index in [1.807, 2.05) is 0 Å². The first kappa shape index (κ1) is 12.2. The molecule has 1 aromatic rings. The first-order valence-corrected chi connectivity index (χ1v) is 8.06. The lowest BCUT2D eigenvalue weighted by atomic mass is 10.2. The molecule has 0 heterocycles. The van der Waals surface area contributed by atoms with Crippen LogP contribution in [0.3, 0.4) is 0 Å². The summed E-state index contributed by atoms with van der Waals surface area (Å²) < 4.78 is 44.1. The van der Waals surface area contributed by atoms with Crippen molar-refractivity contribution in [1.29, 1.82) is 0 Å². The van der Waals surface area contributed by atoms with Crippen LogP contribution in [0.2, 0.25) is 0 Å². The van der Waals surface area contributed by atoms with Gasteiger partial charge in [0.05, 0.1) is 0 Å². The van der Waals surface area contributed by atoms with Gasteiger partial charge in [0.2, 0.25) is 0 Å². The lowest BCUT2D eigenvalue weighted by Gasteiger charge is -2.12. The molecule has 0 unspecified atom stereocenters. The maximum atomic E-state index is 11.4. The highest BCUT2D eigenvalue weighted by molar-refractivity contribution is 8.07. The molecule has 0 fully saturated rings. The van der Waals surface area contributed by atoms with Crippen LogP contribution in [0, 0.1) is 0 Å². The topological polar surface area (TPSA) is 68.3 Å². The average Bonchev–Trinajstić information content (AvgIpc) is 2.00. The number of hydrogen-bond donors (Lipinski definition) is 0. The normalized spacial score (nSPS) is 13.0. The molecule has 0 radical (unpaired) electrons. The second kappa shape index (κ2) is 3.94. The van der Waals surface area contributed by atoms with Gasteiger partial charge in [-0.25, -0.2) is 16.8 Å². The third-order valence-corrected chi connectivity index (χ3v) is 6.05. The summed E-state index contributed by atoms with van der Waals surface area (Å²) in [6.45, 7) is 0. The Morgan fingerprint density at radius 1 is 0.867 bits per heavy atom. The molecular weight excluding hydrogens is 236 g/mol. The number of rotatable bonds is 3. The fourth-order valence-electron chi connectivity index (χ4n) is 1.42. The number of sulfone groups is 2. The van der Waals surface area contributed by atoms with Crippen LogP contribution in [0.5, 0.6) is 0 Å². The average molecular weight is 248 g/mol. The number of hydrogen-bond acceptors (Lipinski definition) is 4. The van der Waals surface area contributed by atoms with Crippen molar-refractivity contribution in [3.05, 3.63) is 35.9 Å². The Labute approximate surface area is 89.8 Å². The molecule has 84 valence electrons. The van der Waals surface area contributed by atoms with E-state index < -0.39 is 24.3 Å². The fraction of sp³-hybridized carbons (Fsp3) is 0.333. The van der Waals surface area contributed by atoms with Crippen molar-refractivity contribution in [3.63, 3.8) is 0 Å². The minimum absolute atomic E-state index is 0.280. The van der Waals surface area contributed by atoms with E-state index in [-0.39, 0.29) is 5.56 Å². The van der Waals surface area contributed by atoms with Crippen molar-refractivity contribution >= 4 is 19.7 Å². The van der Waals surface area contributed by atoms with Crippen LogP contribution in [0.4, 0.5) is 0 Å². The maximum absolute atomic E-state index is 11.4.